The highest BCUT2D eigenvalue weighted by molar-refractivity contribution is 5.92. The number of amides is 1. The molecule has 2 aliphatic heterocycles. The Morgan fingerprint density at radius 1 is 1.07 bits per heavy atom. The fourth-order valence-electron chi connectivity index (χ4n) is 4.18. The van der Waals surface area contributed by atoms with Gasteiger partial charge in [-0.1, -0.05) is 12.1 Å². The second-order valence-corrected chi connectivity index (χ2v) is 7.43. The maximum atomic E-state index is 13.4. The first-order valence-electron chi connectivity index (χ1n) is 9.34. The van der Waals surface area contributed by atoms with E-state index in [1.807, 2.05) is 0 Å². The topological polar surface area (TPSA) is 50.4 Å². The fourth-order valence-corrected chi connectivity index (χ4v) is 4.18. The Bertz CT molecular complexity index is 810. The second kappa shape index (κ2) is 7.64. The Kier molecular flexibility index (Phi) is 5.07. The molecule has 2 fully saturated rings. The second-order valence-electron chi connectivity index (χ2n) is 7.43. The van der Waals surface area contributed by atoms with Crippen molar-refractivity contribution >= 4 is 11.6 Å². The van der Waals surface area contributed by atoms with Gasteiger partial charge in [0.25, 0.3) is 0 Å². The zero-order valence-corrected chi connectivity index (χ0v) is 14.9. The van der Waals surface area contributed by atoms with Gasteiger partial charge in [0.2, 0.25) is 5.91 Å². The molecule has 2 aliphatic rings. The largest absolute Gasteiger partial charge is 0.455 e. The SMILES string of the molecule is O=C(CC1CC2CCC(C1)N2)Nc1ccccc1Oc1cc(F)cc(F)c1. The Labute approximate surface area is 156 Å². The van der Waals surface area contributed by atoms with Crippen LogP contribution in [0.15, 0.2) is 42.5 Å². The number of fused-ring (bicyclic) bond motifs is 2. The molecule has 0 radical (unpaired) electrons. The number of ether oxygens (including phenoxy) is 1. The zero-order chi connectivity index (χ0) is 18.8. The van der Waals surface area contributed by atoms with Crippen molar-refractivity contribution < 1.29 is 18.3 Å². The van der Waals surface area contributed by atoms with E-state index in [9.17, 15) is 13.6 Å². The lowest BCUT2D eigenvalue weighted by Gasteiger charge is -2.28. The maximum absolute atomic E-state index is 13.4. The number of benzene rings is 2. The van der Waals surface area contributed by atoms with Crippen LogP contribution in [-0.2, 0) is 4.79 Å². The predicted octanol–water partition coefficient (Wildman–Crippen LogP) is 4.62. The van der Waals surface area contributed by atoms with Gasteiger partial charge < -0.3 is 15.4 Å². The quantitative estimate of drug-likeness (QED) is 0.805. The van der Waals surface area contributed by atoms with E-state index in [2.05, 4.69) is 10.6 Å². The van der Waals surface area contributed by atoms with Crippen LogP contribution in [0.4, 0.5) is 14.5 Å². The molecule has 27 heavy (non-hydrogen) atoms. The highest BCUT2D eigenvalue weighted by Gasteiger charge is 2.34. The summed E-state index contributed by atoms with van der Waals surface area (Å²) in [5.41, 5.74) is 0.490. The van der Waals surface area contributed by atoms with Crippen molar-refractivity contribution in [3.8, 4) is 11.5 Å². The Morgan fingerprint density at radius 2 is 1.74 bits per heavy atom. The number of piperidine rings is 1. The minimum Gasteiger partial charge on any atom is -0.455 e. The summed E-state index contributed by atoms with van der Waals surface area (Å²) in [7, 11) is 0. The lowest BCUT2D eigenvalue weighted by molar-refractivity contribution is -0.117. The molecule has 2 saturated heterocycles. The third-order valence-corrected chi connectivity index (χ3v) is 5.27. The van der Waals surface area contributed by atoms with Gasteiger partial charge in [-0.05, 0) is 43.7 Å². The van der Waals surface area contributed by atoms with Crippen molar-refractivity contribution in [3.63, 3.8) is 0 Å². The van der Waals surface area contributed by atoms with Gasteiger partial charge in [0, 0.05) is 36.7 Å². The average molecular weight is 372 g/mol. The van der Waals surface area contributed by atoms with Crippen LogP contribution in [0.3, 0.4) is 0 Å². The van der Waals surface area contributed by atoms with E-state index in [1.165, 1.54) is 12.8 Å². The van der Waals surface area contributed by atoms with Crippen LogP contribution in [0.25, 0.3) is 0 Å². The first-order valence-corrected chi connectivity index (χ1v) is 9.34. The van der Waals surface area contributed by atoms with E-state index in [4.69, 9.17) is 4.74 Å². The van der Waals surface area contributed by atoms with Gasteiger partial charge in [0.15, 0.2) is 5.75 Å². The minimum atomic E-state index is -0.716. The number of halogens is 2. The van der Waals surface area contributed by atoms with Crippen molar-refractivity contribution in [2.24, 2.45) is 5.92 Å². The van der Waals surface area contributed by atoms with Crippen molar-refractivity contribution in [3.05, 3.63) is 54.1 Å². The number of para-hydroxylation sites is 2. The van der Waals surface area contributed by atoms with Crippen LogP contribution in [0.5, 0.6) is 11.5 Å². The van der Waals surface area contributed by atoms with E-state index < -0.39 is 11.6 Å². The van der Waals surface area contributed by atoms with Crippen LogP contribution >= 0.6 is 0 Å². The molecule has 0 spiro atoms. The first-order chi connectivity index (χ1) is 13.0. The molecule has 142 valence electrons. The molecule has 2 atom stereocenters. The molecule has 0 aliphatic carbocycles. The molecule has 2 aromatic rings. The molecule has 2 unspecified atom stereocenters. The number of carbonyl (C=O) groups is 1. The van der Waals surface area contributed by atoms with Crippen LogP contribution in [0.1, 0.15) is 32.1 Å². The predicted molar refractivity (Wildman–Crippen MR) is 98.8 cm³/mol. The number of hydrogen-bond donors (Lipinski definition) is 2. The monoisotopic (exact) mass is 372 g/mol. The van der Waals surface area contributed by atoms with E-state index in [0.717, 1.165) is 31.0 Å². The highest BCUT2D eigenvalue weighted by atomic mass is 19.1. The third-order valence-electron chi connectivity index (χ3n) is 5.27. The summed E-state index contributed by atoms with van der Waals surface area (Å²) in [6.45, 7) is 0. The highest BCUT2D eigenvalue weighted by Crippen LogP contribution is 2.34. The van der Waals surface area contributed by atoms with Gasteiger partial charge in [-0.25, -0.2) is 8.78 Å². The van der Waals surface area contributed by atoms with E-state index in [1.54, 1.807) is 24.3 Å². The van der Waals surface area contributed by atoms with E-state index in [-0.39, 0.29) is 11.7 Å². The standard InChI is InChI=1S/C21H22F2N2O2/c22-14-10-15(23)12-18(11-14)27-20-4-2-1-3-19(20)25-21(26)9-13-7-16-5-6-17(8-13)24-16/h1-4,10-13,16-17,24H,5-9H2,(H,25,26). The number of nitrogens with one attached hydrogen (secondary N) is 2. The average Bonchev–Trinajstić information content (AvgIpc) is 2.94. The minimum absolute atomic E-state index is 0.0455. The van der Waals surface area contributed by atoms with Crippen molar-refractivity contribution in [2.45, 2.75) is 44.2 Å². The zero-order valence-electron chi connectivity index (χ0n) is 14.9. The first kappa shape index (κ1) is 17.9. The fraction of sp³-hybridized carbons (Fsp3) is 0.381. The van der Waals surface area contributed by atoms with Crippen LogP contribution in [0, 0.1) is 17.6 Å². The number of rotatable bonds is 5. The van der Waals surface area contributed by atoms with Gasteiger partial charge in [0.05, 0.1) is 5.69 Å². The van der Waals surface area contributed by atoms with Crippen LogP contribution in [-0.4, -0.2) is 18.0 Å². The molecule has 0 aromatic heterocycles. The van der Waals surface area contributed by atoms with Crippen molar-refractivity contribution in [1.29, 1.82) is 0 Å². The summed E-state index contributed by atoms with van der Waals surface area (Å²) >= 11 is 0. The number of carbonyl (C=O) groups excluding carboxylic acids is 1. The molecule has 2 heterocycles. The van der Waals surface area contributed by atoms with Crippen LogP contribution < -0.4 is 15.4 Å². The Morgan fingerprint density at radius 3 is 2.44 bits per heavy atom. The molecular formula is C21H22F2N2O2. The van der Waals surface area contributed by atoms with Gasteiger partial charge in [-0.2, -0.15) is 0 Å². The summed E-state index contributed by atoms with van der Waals surface area (Å²) in [6, 6.07) is 11.0. The van der Waals surface area contributed by atoms with Gasteiger partial charge >= 0.3 is 0 Å². The number of anilines is 1. The summed E-state index contributed by atoms with van der Waals surface area (Å²) in [4.78, 5) is 12.5. The van der Waals surface area contributed by atoms with E-state index >= 15 is 0 Å². The van der Waals surface area contributed by atoms with E-state index in [0.29, 0.717) is 35.9 Å². The summed E-state index contributed by atoms with van der Waals surface area (Å²) < 4.78 is 32.4. The van der Waals surface area contributed by atoms with Gasteiger partial charge in [0.1, 0.15) is 17.4 Å². The van der Waals surface area contributed by atoms with Crippen molar-refractivity contribution in [2.75, 3.05) is 5.32 Å². The van der Waals surface area contributed by atoms with Gasteiger partial charge in [-0.3, -0.25) is 4.79 Å². The normalized spacial score (nSPS) is 23.9. The Hall–Kier alpha value is -2.47. The molecule has 0 saturated carbocycles. The lowest BCUT2D eigenvalue weighted by Crippen LogP contribution is -2.39. The van der Waals surface area contributed by atoms with Crippen LogP contribution in [0.2, 0.25) is 0 Å². The van der Waals surface area contributed by atoms with Crippen molar-refractivity contribution in [1.82, 2.24) is 5.32 Å². The smallest absolute Gasteiger partial charge is 0.224 e. The summed E-state index contributed by atoms with van der Waals surface area (Å²) in [5.74, 6) is -0.721. The summed E-state index contributed by atoms with van der Waals surface area (Å²) in [6.07, 6.45) is 4.93. The van der Waals surface area contributed by atoms with Gasteiger partial charge in [-0.15, -0.1) is 0 Å². The third kappa shape index (κ3) is 4.45. The molecule has 2 bridgehead atoms. The molecule has 1 amide bonds. The molecule has 4 rings (SSSR count). The lowest BCUT2D eigenvalue weighted by atomic mass is 9.89. The molecule has 4 nitrogen and oxygen atoms in total. The molecule has 6 heteroatoms. The molecular weight excluding hydrogens is 350 g/mol. The molecule has 2 N–H and O–H groups in total. The Balaban J connectivity index is 1.42. The number of hydrogen-bond acceptors (Lipinski definition) is 3. The maximum Gasteiger partial charge on any atom is 0.224 e. The molecule has 2 aromatic carbocycles. The summed E-state index contributed by atoms with van der Waals surface area (Å²) in [5, 5.41) is 6.46.